The van der Waals surface area contributed by atoms with Gasteiger partial charge in [-0.1, -0.05) is 60.2 Å². The third kappa shape index (κ3) is 7.46. The molecule has 2 unspecified atom stereocenters. The number of nitrogens with zero attached hydrogens (tertiary/aromatic N) is 2. The molecule has 4 aromatic rings. The number of fused-ring (bicyclic) bond motifs is 1. The summed E-state index contributed by atoms with van der Waals surface area (Å²) in [5.41, 5.74) is 5.30. The molecule has 0 bridgehead atoms. The molecule has 1 aliphatic carbocycles. The Morgan fingerprint density at radius 2 is 1.76 bits per heavy atom. The molecule has 3 aliphatic rings. The van der Waals surface area contributed by atoms with Crippen LogP contribution < -0.4 is 20.4 Å². The molecule has 2 atom stereocenters. The molecule has 0 spiro atoms. The number of rotatable bonds is 10. The molecule has 260 valence electrons. The Kier molecular flexibility index (Phi) is 9.26. The van der Waals surface area contributed by atoms with E-state index in [0.29, 0.717) is 35.0 Å². The van der Waals surface area contributed by atoms with Crippen LogP contribution in [0.1, 0.15) is 61.3 Å². The van der Waals surface area contributed by atoms with Crippen LogP contribution in [0.15, 0.2) is 100 Å². The van der Waals surface area contributed by atoms with Gasteiger partial charge < -0.3 is 19.5 Å². The molecule has 2 saturated heterocycles. The van der Waals surface area contributed by atoms with Gasteiger partial charge in [0.2, 0.25) is 15.9 Å². The molecule has 1 amide bonds. The highest BCUT2D eigenvalue weighted by Crippen LogP contribution is 2.54. The van der Waals surface area contributed by atoms with Gasteiger partial charge >= 0.3 is 0 Å². The zero-order valence-corrected chi connectivity index (χ0v) is 29.7. The first-order valence-corrected chi connectivity index (χ1v) is 19.3. The maximum Gasteiger partial charge on any atom is 0.229 e. The lowest BCUT2D eigenvalue weighted by Crippen LogP contribution is -2.36. The van der Waals surface area contributed by atoms with E-state index in [9.17, 15) is 18.0 Å². The average molecular weight is 713 g/mol. The predicted octanol–water partition coefficient (Wildman–Crippen LogP) is 7.04. The van der Waals surface area contributed by atoms with E-state index in [-0.39, 0.29) is 28.3 Å². The molecule has 0 radical (unpaired) electrons. The number of carbonyl (C=O) groups excluding carboxylic acids is 1. The fraction of sp³-hybridized carbons (Fsp3) is 0.333. The molecule has 1 aromatic heterocycles. The number of halogens is 1. The predicted molar refractivity (Wildman–Crippen MR) is 200 cm³/mol. The van der Waals surface area contributed by atoms with Gasteiger partial charge in [-0.3, -0.25) is 14.3 Å². The zero-order valence-electron chi connectivity index (χ0n) is 28.1. The SMILES string of the molecule is C=C(NC1(C=C2CCN(c3ccccc3CN3CCCCC3=O)CC2)CC1c1ccc(Cl)cc1)c1cc(=O)c2cc(NS(C)(=O)=O)ccc2o1. The Morgan fingerprint density at radius 3 is 2.50 bits per heavy atom. The van der Waals surface area contributed by atoms with Crippen LogP contribution >= 0.6 is 11.6 Å². The number of piperidine rings is 2. The van der Waals surface area contributed by atoms with Crippen LogP contribution in [0.25, 0.3) is 16.7 Å². The molecule has 3 aromatic carbocycles. The summed E-state index contributed by atoms with van der Waals surface area (Å²) in [6, 6.07) is 22.4. The molecule has 50 heavy (non-hydrogen) atoms. The van der Waals surface area contributed by atoms with Gasteiger partial charge in [0.15, 0.2) is 11.2 Å². The van der Waals surface area contributed by atoms with Gasteiger partial charge in [0.1, 0.15) is 5.58 Å². The third-order valence-corrected chi connectivity index (χ3v) is 10.8. The van der Waals surface area contributed by atoms with Crippen molar-refractivity contribution in [3.63, 3.8) is 0 Å². The number of likely N-dealkylation sites (tertiary alicyclic amines) is 1. The monoisotopic (exact) mass is 712 g/mol. The number of hydrogen-bond donors (Lipinski definition) is 2. The Hall–Kier alpha value is -4.54. The van der Waals surface area contributed by atoms with E-state index in [1.54, 1.807) is 12.1 Å². The highest BCUT2D eigenvalue weighted by molar-refractivity contribution is 7.92. The number of nitrogens with one attached hydrogen (secondary N) is 2. The molecule has 11 heteroatoms. The van der Waals surface area contributed by atoms with Crippen molar-refractivity contribution in [3.05, 3.63) is 123 Å². The lowest BCUT2D eigenvalue weighted by atomic mass is 9.96. The zero-order chi connectivity index (χ0) is 35.0. The lowest BCUT2D eigenvalue weighted by Gasteiger charge is -2.34. The van der Waals surface area contributed by atoms with E-state index in [1.807, 2.05) is 17.0 Å². The van der Waals surface area contributed by atoms with Crippen molar-refractivity contribution < 1.29 is 17.6 Å². The summed E-state index contributed by atoms with van der Waals surface area (Å²) in [7, 11) is -3.50. The number of benzene rings is 3. The summed E-state index contributed by atoms with van der Waals surface area (Å²) < 4.78 is 32.0. The maximum absolute atomic E-state index is 13.2. The van der Waals surface area contributed by atoms with Crippen molar-refractivity contribution in [3.8, 4) is 0 Å². The summed E-state index contributed by atoms with van der Waals surface area (Å²) in [5, 5.41) is 4.60. The molecule has 2 aliphatic heterocycles. The van der Waals surface area contributed by atoms with Gasteiger partial charge in [0.05, 0.1) is 22.9 Å². The first kappa shape index (κ1) is 33.9. The van der Waals surface area contributed by atoms with Crippen LogP contribution in [0, 0.1) is 0 Å². The lowest BCUT2D eigenvalue weighted by molar-refractivity contribution is -0.133. The summed E-state index contributed by atoms with van der Waals surface area (Å²) in [6.45, 7) is 7.50. The van der Waals surface area contributed by atoms with Gasteiger partial charge in [-0.2, -0.15) is 0 Å². The normalized spacial score (nSPS) is 20.9. The van der Waals surface area contributed by atoms with Crippen LogP contribution in [0.4, 0.5) is 11.4 Å². The van der Waals surface area contributed by atoms with Crippen molar-refractivity contribution >= 4 is 55.6 Å². The van der Waals surface area contributed by atoms with Crippen LogP contribution in [-0.2, 0) is 21.4 Å². The third-order valence-electron chi connectivity index (χ3n) is 9.97. The molecule has 3 fully saturated rings. The van der Waals surface area contributed by atoms with Crippen molar-refractivity contribution in [2.24, 2.45) is 0 Å². The molecular weight excluding hydrogens is 672 g/mol. The number of sulfonamides is 1. The molecule has 3 heterocycles. The molecular formula is C39H41ClN4O5S. The topological polar surface area (TPSA) is 112 Å². The quantitative estimate of drug-likeness (QED) is 0.170. The first-order valence-electron chi connectivity index (χ1n) is 17.1. The minimum Gasteiger partial charge on any atom is -0.454 e. The maximum atomic E-state index is 13.2. The summed E-state index contributed by atoms with van der Waals surface area (Å²) >= 11 is 6.23. The van der Waals surface area contributed by atoms with E-state index in [4.69, 9.17) is 16.0 Å². The second kappa shape index (κ2) is 13.6. The van der Waals surface area contributed by atoms with Crippen LogP contribution in [0.2, 0.25) is 5.02 Å². The van der Waals surface area contributed by atoms with Crippen molar-refractivity contribution in [1.82, 2.24) is 10.2 Å². The average Bonchev–Trinajstić information content (AvgIpc) is 3.78. The van der Waals surface area contributed by atoms with Crippen molar-refractivity contribution in [2.45, 2.75) is 56.5 Å². The van der Waals surface area contributed by atoms with Gasteiger partial charge in [-0.25, -0.2) is 8.42 Å². The number of carbonyl (C=O) groups is 1. The Morgan fingerprint density at radius 1 is 1.00 bits per heavy atom. The molecule has 7 rings (SSSR count). The van der Waals surface area contributed by atoms with Gasteiger partial charge in [-0.15, -0.1) is 0 Å². The van der Waals surface area contributed by atoms with E-state index in [2.05, 4.69) is 64.0 Å². The van der Waals surface area contributed by atoms with Crippen molar-refractivity contribution in [2.75, 3.05) is 35.5 Å². The smallest absolute Gasteiger partial charge is 0.229 e. The van der Waals surface area contributed by atoms with Crippen LogP contribution in [0.5, 0.6) is 0 Å². The number of para-hydroxylation sites is 1. The highest BCUT2D eigenvalue weighted by atomic mass is 35.5. The molecule has 9 nitrogen and oxygen atoms in total. The Balaban J connectivity index is 1.11. The summed E-state index contributed by atoms with van der Waals surface area (Å²) in [6.07, 6.45) is 8.72. The first-order chi connectivity index (χ1) is 24.0. The largest absolute Gasteiger partial charge is 0.454 e. The number of anilines is 2. The number of amides is 1. The standard InChI is InChI=1S/C39H41ClN4O5S/c1-26(37-22-35(45)32-21-31(42-50(2,47)48)14-15-36(32)49-37)41-39(24-33(39)28-10-12-30(40)13-11-28)23-27-16-19-43(20-17-27)34-8-4-3-7-29(34)25-44-18-6-5-9-38(44)46/h3-4,7-8,10-15,21-23,33,41-42H,1,5-6,9,16-20,24-25H2,2H3. The van der Waals surface area contributed by atoms with E-state index in [1.165, 1.54) is 29.0 Å². The van der Waals surface area contributed by atoms with Gasteiger partial charge in [0, 0.05) is 61.0 Å². The Labute approximate surface area is 297 Å². The second-order valence-corrected chi connectivity index (χ2v) is 15.9. The van der Waals surface area contributed by atoms with Gasteiger partial charge in [0.25, 0.3) is 0 Å². The Bertz CT molecular complexity index is 2150. The minimum absolute atomic E-state index is 0.168. The number of hydrogen-bond acceptors (Lipinski definition) is 7. The van der Waals surface area contributed by atoms with E-state index < -0.39 is 15.6 Å². The highest BCUT2D eigenvalue weighted by Gasteiger charge is 2.54. The molecule has 1 saturated carbocycles. The van der Waals surface area contributed by atoms with Crippen LogP contribution in [-0.4, -0.2) is 50.7 Å². The second-order valence-electron chi connectivity index (χ2n) is 13.7. The summed E-state index contributed by atoms with van der Waals surface area (Å²) in [4.78, 5) is 30.2. The summed E-state index contributed by atoms with van der Waals surface area (Å²) in [5.74, 6) is 0.735. The van der Waals surface area contributed by atoms with Crippen LogP contribution in [0.3, 0.4) is 0 Å². The fourth-order valence-electron chi connectivity index (χ4n) is 7.38. The fourth-order valence-corrected chi connectivity index (χ4v) is 8.06. The van der Waals surface area contributed by atoms with E-state index >= 15 is 0 Å². The van der Waals surface area contributed by atoms with Crippen molar-refractivity contribution in [1.29, 1.82) is 0 Å². The minimum atomic E-state index is -3.50. The molecule has 2 N–H and O–H groups in total. The van der Waals surface area contributed by atoms with Gasteiger partial charge in [-0.05, 0) is 79.6 Å². The van der Waals surface area contributed by atoms with E-state index in [0.717, 1.165) is 63.6 Å².